The van der Waals surface area contributed by atoms with E-state index in [1.54, 1.807) is 0 Å². The highest BCUT2D eigenvalue weighted by Gasteiger charge is 2.32. The van der Waals surface area contributed by atoms with Gasteiger partial charge in [0, 0.05) is 16.6 Å². The van der Waals surface area contributed by atoms with Crippen molar-refractivity contribution in [1.82, 2.24) is 4.90 Å². The van der Waals surface area contributed by atoms with Gasteiger partial charge >= 0.3 is 0 Å². The van der Waals surface area contributed by atoms with E-state index in [1.807, 2.05) is 0 Å². The van der Waals surface area contributed by atoms with E-state index >= 15 is 0 Å². The molecule has 3 atom stereocenters. The molecule has 1 aromatic carbocycles. The van der Waals surface area contributed by atoms with Crippen molar-refractivity contribution in [3.8, 4) is 0 Å². The molecule has 1 aliphatic rings. The molecule has 2 N–H and O–H groups in total. The fourth-order valence-corrected chi connectivity index (χ4v) is 3.72. The van der Waals surface area contributed by atoms with Gasteiger partial charge in [-0.2, -0.15) is 0 Å². The second kappa shape index (κ2) is 6.87. The number of benzene rings is 1. The molecule has 1 aromatic rings. The molecule has 1 saturated carbocycles. The number of halogens is 1. The van der Waals surface area contributed by atoms with Crippen molar-refractivity contribution < 1.29 is 0 Å². The summed E-state index contributed by atoms with van der Waals surface area (Å²) in [5.74, 6) is 0.679. The maximum Gasteiger partial charge on any atom is 0.0322 e. The molecule has 0 saturated heterocycles. The Bertz CT molecular complexity index is 390. The fourth-order valence-electron chi connectivity index (χ4n) is 3.46. The second-order valence-corrected chi connectivity index (χ2v) is 6.47. The van der Waals surface area contributed by atoms with Crippen LogP contribution in [0, 0.1) is 5.92 Å². The van der Waals surface area contributed by atoms with Crippen LogP contribution >= 0.6 is 15.9 Å². The highest BCUT2D eigenvalue weighted by Crippen LogP contribution is 2.34. The molecule has 0 radical (unpaired) electrons. The van der Waals surface area contributed by atoms with Gasteiger partial charge in [-0.15, -0.1) is 0 Å². The third-order valence-electron chi connectivity index (χ3n) is 4.56. The zero-order valence-electron chi connectivity index (χ0n) is 12.0. The zero-order valence-corrected chi connectivity index (χ0v) is 13.6. The minimum Gasteiger partial charge on any atom is -0.330 e. The van der Waals surface area contributed by atoms with Gasteiger partial charge in [-0.3, -0.25) is 4.90 Å². The van der Waals surface area contributed by atoms with E-state index in [1.165, 1.54) is 24.8 Å². The van der Waals surface area contributed by atoms with Crippen molar-refractivity contribution in [3.63, 3.8) is 0 Å². The topological polar surface area (TPSA) is 29.3 Å². The minimum atomic E-state index is 0.468. The molecule has 2 rings (SSSR count). The van der Waals surface area contributed by atoms with Crippen LogP contribution in [-0.2, 0) is 0 Å². The lowest BCUT2D eigenvalue weighted by Crippen LogP contribution is -2.41. The van der Waals surface area contributed by atoms with Crippen LogP contribution in [0.3, 0.4) is 0 Å². The third-order valence-corrected chi connectivity index (χ3v) is 5.09. The van der Waals surface area contributed by atoms with Gasteiger partial charge in [0.1, 0.15) is 0 Å². The normalized spacial score (nSPS) is 24.9. The molecule has 3 unspecified atom stereocenters. The van der Waals surface area contributed by atoms with E-state index in [-0.39, 0.29) is 0 Å². The smallest absolute Gasteiger partial charge is 0.0322 e. The lowest BCUT2D eigenvalue weighted by molar-refractivity contribution is 0.123. The van der Waals surface area contributed by atoms with Crippen molar-refractivity contribution in [3.05, 3.63) is 34.3 Å². The van der Waals surface area contributed by atoms with Crippen LogP contribution in [0.1, 0.15) is 44.7 Å². The van der Waals surface area contributed by atoms with Crippen LogP contribution in [0.5, 0.6) is 0 Å². The highest BCUT2D eigenvalue weighted by atomic mass is 79.9. The van der Waals surface area contributed by atoms with Gasteiger partial charge in [0.05, 0.1) is 0 Å². The molecule has 3 heteroatoms. The predicted octanol–water partition coefficient (Wildman–Crippen LogP) is 3.96. The zero-order chi connectivity index (χ0) is 13.8. The quantitative estimate of drug-likeness (QED) is 0.888. The first-order valence-corrected chi connectivity index (χ1v) is 8.18. The Morgan fingerprint density at radius 1 is 1.32 bits per heavy atom. The van der Waals surface area contributed by atoms with Crippen LogP contribution in [0.2, 0.25) is 0 Å². The molecule has 1 aliphatic carbocycles. The first-order chi connectivity index (χ1) is 9.17. The standard InChI is InChI=1S/C16H25BrN2/c1-3-19(16-6-4-5-14(16)11-18)12(2)13-7-9-15(17)10-8-13/h7-10,12,14,16H,3-6,11,18H2,1-2H3. The van der Waals surface area contributed by atoms with E-state index in [4.69, 9.17) is 5.73 Å². The molecule has 0 aliphatic heterocycles. The summed E-state index contributed by atoms with van der Waals surface area (Å²) >= 11 is 3.51. The summed E-state index contributed by atoms with van der Waals surface area (Å²) in [5, 5.41) is 0. The van der Waals surface area contributed by atoms with Crippen LogP contribution in [-0.4, -0.2) is 24.0 Å². The lowest BCUT2D eigenvalue weighted by Gasteiger charge is -2.37. The van der Waals surface area contributed by atoms with Crippen LogP contribution < -0.4 is 5.73 Å². The molecule has 0 heterocycles. The van der Waals surface area contributed by atoms with Crippen molar-refractivity contribution in [2.24, 2.45) is 11.7 Å². The number of nitrogens with zero attached hydrogens (tertiary/aromatic N) is 1. The SMILES string of the molecule is CCN(C(C)c1ccc(Br)cc1)C1CCCC1CN. The Kier molecular flexibility index (Phi) is 5.43. The first kappa shape index (κ1) is 15.0. The average Bonchev–Trinajstić information content (AvgIpc) is 2.88. The summed E-state index contributed by atoms with van der Waals surface area (Å²) in [5.41, 5.74) is 7.34. The molecule has 1 fully saturated rings. The largest absolute Gasteiger partial charge is 0.330 e. The third kappa shape index (κ3) is 3.39. The van der Waals surface area contributed by atoms with Crippen LogP contribution in [0.15, 0.2) is 28.7 Å². The Morgan fingerprint density at radius 3 is 2.58 bits per heavy atom. The molecular weight excluding hydrogens is 300 g/mol. The van der Waals surface area contributed by atoms with Crippen molar-refractivity contribution in [2.75, 3.05) is 13.1 Å². The summed E-state index contributed by atoms with van der Waals surface area (Å²) in [6, 6.07) is 9.85. The minimum absolute atomic E-state index is 0.468. The van der Waals surface area contributed by atoms with Crippen molar-refractivity contribution in [1.29, 1.82) is 0 Å². The monoisotopic (exact) mass is 324 g/mol. The molecule has 0 amide bonds. The molecule has 0 spiro atoms. The molecule has 2 nitrogen and oxygen atoms in total. The summed E-state index contributed by atoms with van der Waals surface area (Å²) in [6.45, 7) is 6.51. The van der Waals surface area contributed by atoms with Gasteiger partial charge in [-0.1, -0.05) is 41.4 Å². The second-order valence-electron chi connectivity index (χ2n) is 5.55. The average molecular weight is 325 g/mol. The maximum absolute atomic E-state index is 5.94. The van der Waals surface area contributed by atoms with Crippen LogP contribution in [0.4, 0.5) is 0 Å². The number of nitrogens with two attached hydrogens (primary N) is 1. The fraction of sp³-hybridized carbons (Fsp3) is 0.625. The predicted molar refractivity (Wildman–Crippen MR) is 85.1 cm³/mol. The summed E-state index contributed by atoms with van der Waals surface area (Å²) in [6.07, 6.45) is 3.93. The summed E-state index contributed by atoms with van der Waals surface area (Å²) in [7, 11) is 0. The summed E-state index contributed by atoms with van der Waals surface area (Å²) < 4.78 is 1.15. The summed E-state index contributed by atoms with van der Waals surface area (Å²) in [4.78, 5) is 2.63. The molecular formula is C16H25BrN2. The maximum atomic E-state index is 5.94. The van der Waals surface area contributed by atoms with E-state index in [9.17, 15) is 0 Å². The molecule has 19 heavy (non-hydrogen) atoms. The Hall–Kier alpha value is -0.380. The first-order valence-electron chi connectivity index (χ1n) is 7.38. The Labute approximate surface area is 125 Å². The van der Waals surface area contributed by atoms with E-state index in [0.29, 0.717) is 18.0 Å². The van der Waals surface area contributed by atoms with Crippen molar-refractivity contribution in [2.45, 2.75) is 45.2 Å². The highest BCUT2D eigenvalue weighted by molar-refractivity contribution is 9.10. The van der Waals surface area contributed by atoms with Gasteiger partial charge in [0.15, 0.2) is 0 Å². The Balaban J connectivity index is 2.14. The number of hydrogen-bond donors (Lipinski definition) is 1. The van der Waals surface area contributed by atoms with Gasteiger partial charge in [0.2, 0.25) is 0 Å². The molecule has 106 valence electrons. The van der Waals surface area contributed by atoms with Gasteiger partial charge in [-0.25, -0.2) is 0 Å². The van der Waals surface area contributed by atoms with E-state index < -0.39 is 0 Å². The molecule has 0 aromatic heterocycles. The lowest BCUT2D eigenvalue weighted by atomic mass is 9.98. The van der Waals surface area contributed by atoms with Crippen molar-refractivity contribution >= 4 is 15.9 Å². The Morgan fingerprint density at radius 2 is 2.00 bits per heavy atom. The van der Waals surface area contributed by atoms with Crippen LogP contribution in [0.25, 0.3) is 0 Å². The van der Waals surface area contributed by atoms with E-state index in [2.05, 4.69) is 58.9 Å². The molecule has 0 bridgehead atoms. The number of hydrogen-bond acceptors (Lipinski definition) is 2. The van der Waals surface area contributed by atoms with Gasteiger partial charge in [-0.05, 0) is 56.5 Å². The van der Waals surface area contributed by atoms with Gasteiger partial charge < -0.3 is 5.73 Å². The van der Waals surface area contributed by atoms with Gasteiger partial charge in [0.25, 0.3) is 0 Å². The number of rotatable bonds is 5. The van der Waals surface area contributed by atoms with E-state index in [0.717, 1.165) is 17.6 Å².